The van der Waals surface area contributed by atoms with Crippen LogP contribution in [0.4, 0.5) is 9.59 Å². The average Bonchev–Trinajstić information content (AvgIpc) is 3.54. The van der Waals surface area contributed by atoms with Crippen molar-refractivity contribution in [2.75, 3.05) is 70.6 Å². The second kappa shape index (κ2) is 11.8. The first kappa shape index (κ1) is 27.3. The highest BCUT2D eigenvalue weighted by atomic mass is 32.2. The number of thioether (sulfide) groups is 1. The summed E-state index contributed by atoms with van der Waals surface area (Å²) in [6, 6.07) is 0.199. The van der Waals surface area contributed by atoms with E-state index in [0.717, 1.165) is 64.4 Å². The molecule has 4 fully saturated rings. The zero-order chi connectivity index (χ0) is 25.9. The van der Waals surface area contributed by atoms with E-state index < -0.39 is 11.6 Å². The molecule has 4 aliphatic heterocycles. The van der Waals surface area contributed by atoms with Crippen LogP contribution in [-0.2, 0) is 14.3 Å². The Hall–Kier alpha value is -1.72. The molecule has 2 atom stereocenters. The van der Waals surface area contributed by atoms with Gasteiger partial charge in [0.2, 0.25) is 5.91 Å². The smallest absolute Gasteiger partial charge is 0.411 e. The summed E-state index contributed by atoms with van der Waals surface area (Å²) in [4.78, 5) is 48.8. The standard InChI is InChI=1S/C25H43N5O5S/c1-5-34-23(32)28-8-6-19(7-9-28)26-10-12-27(13-11-26)20-16-21(22(31)29-14-15-36-18-29)30(17-20)24(33)35-25(2,3)4/h19-21H,5-18H2,1-4H3/t20-,21-/m0/s1. The van der Waals surface area contributed by atoms with E-state index in [0.29, 0.717) is 31.5 Å². The molecule has 0 unspecified atom stereocenters. The number of amides is 3. The molecule has 0 aliphatic carbocycles. The molecule has 0 aromatic rings. The number of nitrogens with zero attached hydrogens (tertiary/aromatic N) is 5. The first-order valence-electron chi connectivity index (χ1n) is 13.4. The summed E-state index contributed by atoms with van der Waals surface area (Å²) in [6.45, 7) is 14.4. The van der Waals surface area contributed by atoms with Crippen LogP contribution >= 0.6 is 11.8 Å². The van der Waals surface area contributed by atoms with Crippen molar-refractivity contribution >= 4 is 29.9 Å². The third kappa shape index (κ3) is 6.58. The van der Waals surface area contributed by atoms with E-state index in [9.17, 15) is 14.4 Å². The van der Waals surface area contributed by atoms with E-state index in [2.05, 4.69) is 9.80 Å². The SMILES string of the molecule is CCOC(=O)N1CCC(N2CCN([C@H]3C[C@@H](C(=O)N4CCSC4)N(C(=O)OC(C)(C)C)C3)CC2)CC1. The van der Waals surface area contributed by atoms with Crippen molar-refractivity contribution < 1.29 is 23.9 Å². The van der Waals surface area contributed by atoms with Crippen LogP contribution in [0, 0.1) is 0 Å². The van der Waals surface area contributed by atoms with Crippen LogP contribution in [0.2, 0.25) is 0 Å². The van der Waals surface area contributed by atoms with Gasteiger partial charge in [0, 0.05) is 70.2 Å². The molecule has 0 N–H and O–H groups in total. The summed E-state index contributed by atoms with van der Waals surface area (Å²) in [5.74, 6) is 1.71. The molecular weight excluding hydrogens is 482 g/mol. The molecule has 0 radical (unpaired) electrons. The second-order valence-electron chi connectivity index (χ2n) is 11.2. The van der Waals surface area contributed by atoms with Crippen LogP contribution in [0.1, 0.15) is 47.0 Å². The molecule has 4 heterocycles. The first-order valence-corrected chi connectivity index (χ1v) is 14.6. The molecule has 4 aliphatic rings. The number of carbonyl (C=O) groups excluding carboxylic acids is 3. The fourth-order valence-corrected chi connectivity index (χ4v) is 6.68. The van der Waals surface area contributed by atoms with Gasteiger partial charge in [0.25, 0.3) is 0 Å². The Morgan fingerprint density at radius 2 is 1.50 bits per heavy atom. The lowest BCUT2D eigenvalue weighted by Gasteiger charge is -2.43. The molecule has 10 nitrogen and oxygen atoms in total. The minimum Gasteiger partial charge on any atom is -0.450 e. The molecule has 0 aromatic carbocycles. The zero-order valence-corrected chi connectivity index (χ0v) is 23.1. The van der Waals surface area contributed by atoms with E-state index in [1.807, 2.05) is 37.5 Å². The van der Waals surface area contributed by atoms with Crippen LogP contribution in [-0.4, -0.2) is 137 Å². The van der Waals surface area contributed by atoms with Gasteiger partial charge in [0.05, 0.1) is 12.5 Å². The minimum absolute atomic E-state index is 0.0559. The third-order valence-corrected chi connectivity index (χ3v) is 8.59. The van der Waals surface area contributed by atoms with Gasteiger partial charge in [-0.05, 0) is 47.0 Å². The van der Waals surface area contributed by atoms with Gasteiger partial charge < -0.3 is 19.3 Å². The van der Waals surface area contributed by atoms with Crippen molar-refractivity contribution in [3.05, 3.63) is 0 Å². The second-order valence-corrected chi connectivity index (χ2v) is 12.2. The summed E-state index contributed by atoms with van der Waals surface area (Å²) in [5.41, 5.74) is -0.596. The Morgan fingerprint density at radius 3 is 2.06 bits per heavy atom. The van der Waals surface area contributed by atoms with Crippen LogP contribution < -0.4 is 0 Å². The Balaban J connectivity index is 1.32. The van der Waals surface area contributed by atoms with Crippen molar-refractivity contribution in [2.45, 2.75) is 70.7 Å². The first-order chi connectivity index (χ1) is 17.2. The Kier molecular flexibility index (Phi) is 8.93. The van der Waals surface area contributed by atoms with Crippen LogP contribution in [0.5, 0.6) is 0 Å². The summed E-state index contributed by atoms with van der Waals surface area (Å²) in [6.07, 6.45) is 2.02. The minimum atomic E-state index is -0.596. The largest absolute Gasteiger partial charge is 0.450 e. The normalized spacial score (nSPS) is 26.9. The van der Waals surface area contributed by atoms with Gasteiger partial charge in [0.15, 0.2) is 0 Å². The van der Waals surface area contributed by atoms with E-state index >= 15 is 0 Å². The number of piperazine rings is 1. The third-order valence-electron chi connectivity index (χ3n) is 7.63. The van der Waals surface area contributed by atoms with E-state index in [1.165, 1.54) is 0 Å². The van der Waals surface area contributed by atoms with Gasteiger partial charge in [-0.25, -0.2) is 9.59 Å². The highest BCUT2D eigenvalue weighted by Crippen LogP contribution is 2.29. The van der Waals surface area contributed by atoms with Crippen molar-refractivity contribution in [3.63, 3.8) is 0 Å². The highest BCUT2D eigenvalue weighted by molar-refractivity contribution is 7.99. The van der Waals surface area contributed by atoms with E-state index in [4.69, 9.17) is 9.47 Å². The van der Waals surface area contributed by atoms with Crippen molar-refractivity contribution in [3.8, 4) is 0 Å². The van der Waals surface area contributed by atoms with Gasteiger partial charge in [-0.1, -0.05) is 0 Å². The molecule has 204 valence electrons. The average molecular weight is 526 g/mol. The predicted molar refractivity (Wildman–Crippen MR) is 139 cm³/mol. The van der Waals surface area contributed by atoms with Crippen LogP contribution in [0.15, 0.2) is 0 Å². The van der Waals surface area contributed by atoms with Gasteiger partial charge in [-0.3, -0.25) is 19.5 Å². The van der Waals surface area contributed by atoms with Gasteiger partial charge in [-0.15, -0.1) is 11.8 Å². The Labute approximate surface area is 219 Å². The molecule has 4 rings (SSSR count). The maximum atomic E-state index is 13.3. The summed E-state index contributed by atoms with van der Waals surface area (Å²) in [5, 5.41) is 0. The maximum Gasteiger partial charge on any atom is 0.411 e. The number of carbonyl (C=O) groups is 3. The number of piperidine rings is 1. The molecule has 0 aromatic heterocycles. The van der Waals surface area contributed by atoms with Gasteiger partial charge >= 0.3 is 12.2 Å². The van der Waals surface area contributed by atoms with Crippen molar-refractivity contribution in [1.82, 2.24) is 24.5 Å². The fourth-order valence-electron chi connectivity index (χ4n) is 5.73. The number of ether oxygens (including phenoxy) is 2. The maximum absolute atomic E-state index is 13.3. The topological polar surface area (TPSA) is 85.9 Å². The van der Waals surface area contributed by atoms with Crippen molar-refractivity contribution in [2.24, 2.45) is 0 Å². The number of hydrogen-bond donors (Lipinski definition) is 0. The monoisotopic (exact) mass is 525 g/mol. The highest BCUT2D eigenvalue weighted by Gasteiger charge is 2.45. The number of likely N-dealkylation sites (tertiary alicyclic amines) is 2. The summed E-state index contributed by atoms with van der Waals surface area (Å²) in [7, 11) is 0. The molecule has 0 saturated carbocycles. The van der Waals surface area contributed by atoms with Crippen LogP contribution in [0.3, 0.4) is 0 Å². The van der Waals surface area contributed by atoms with Crippen molar-refractivity contribution in [1.29, 1.82) is 0 Å². The van der Waals surface area contributed by atoms with Crippen LogP contribution in [0.25, 0.3) is 0 Å². The van der Waals surface area contributed by atoms with Gasteiger partial charge in [-0.2, -0.15) is 0 Å². The molecule has 36 heavy (non-hydrogen) atoms. The molecular formula is C25H43N5O5S. The fraction of sp³-hybridized carbons (Fsp3) is 0.880. The Morgan fingerprint density at radius 1 is 0.861 bits per heavy atom. The van der Waals surface area contributed by atoms with E-state index in [1.54, 1.807) is 16.7 Å². The molecule has 11 heteroatoms. The number of rotatable bonds is 4. The quantitative estimate of drug-likeness (QED) is 0.552. The molecule has 3 amide bonds. The molecule has 4 saturated heterocycles. The number of hydrogen-bond acceptors (Lipinski definition) is 8. The van der Waals surface area contributed by atoms with Gasteiger partial charge in [0.1, 0.15) is 11.6 Å². The Bertz CT molecular complexity index is 786. The lowest BCUT2D eigenvalue weighted by Crippen LogP contribution is -2.56. The lowest BCUT2D eigenvalue weighted by atomic mass is 10.0. The lowest BCUT2D eigenvalue weighted by molar-refractivity contribution is -0.134. The molecule has 0 bridgehead atoms. The molecule has 0 spiro atoms. The zero-order valence-electron chi connectivity index (χ0n) is 22.3. The van der Waals surface area contributed by atoms with E-state index in [-0.39, 0.29) is 24.1 Å². The summed E-state index contributed by atoms with van der Waals surface area (Å²) >= 11 is 1.76. The predicted octanol–water partition coefficient (Wildman–Crippen LogP) is 2.14. The summed E-state index contributed by atoms with van der Waals surface area (Å²) < 4.78 is 10.8.